The summed E-state index contributed by atoms with van der Waals surface area (Å²) in [5, 5.41) is 11.2. The number of carbonyl (C=O) groups is 1. The predicted octanol–water partition coefficient (Wildman–Crippen LogP) is 4.80. The molecule has 2 heterocycles. The van der Waals surface area contributed by atoms with Crippen LogP contribution < -0.4 is 0 Å². The van der Waals surface area contributed by atoms with Crippen molar-refractivity contribution in [3.05, 3.63) is 65.9 Å². The number of nitriles is 1. The zero-order chi connectivity index (χ0) is 15.8. The largest absolute Gasteiger partial charge is 0.298 e. The molecule has 0 unspecified atom stereocenters. The van der Waals surface area contributed by atoms with E-state index < -0.39 is 0 Å². The van der Waals surface area contributed by atoms with E-state index in [0.29, 0.717) is 11.1 Å². The Morgan fingerprint density at radius 3 is 2.83 bits per heavy atom. The average Bonchev–Trinajstić information content (AvgIpc) is 3.04. The molecule has 4 aromatic rings. The molecule has 0 atom stereocenters. The molecule has 0 amide bonds. The maximum Gasteiger partial charge on any atom is 0.150 e. The average molecular weight is 314 g/mol. The number of aldehydes is 1. The third kappa shape index (κ3) is 2.19. The number of thiophene rings is 1. The highest BCUT2D eigenvalue weighted by molar-refractivity contribution is 7.22. The van der Waals surface area contributed by atoms with Crippen molar-refractivity contribution in [2.45, 2.75) is 0 Å². The topological polar surface area (TPSA) is 53.8 Å². The Labute approximate surface area is 136 Å². The van der Waals surface area contributed by atoms with Crippen LogP contribution in [0.15, 0.2) is 54.7 Å². The molecule has 108 valence electrons. The Hall–Kier alpha value is -3.03. The zero-order valence-corrected chi connectivity index (χ0v) is 12.8. The molecule has 4 heteroatoms. The fraction of sp³-hybridized carbons (Fsp3) is 0. The summed E-state index contributed by atoms with van der Waals surface area (Å²) >= 11 is 1.64. The number of hydrogen-bond acceptors (Lipinski definition) is 4. The summed E-state index contributed by atoms with van der Waals surface area (Å²) < 4.78 is 1.08. The molecule has 2 aromatic heterocycles. The monoisotopic (exact) mass is 314 g/mol. The second-order valence-corrected chi connectivity index (χ2v) is 6.28. The van der Waals surface area contributed by atoms with Crippen LogP contribution >= 0.6 is 11.3 Å². The summed E-state index contributed by atoms with van der Waals surface area (Å²) in [5.74, 6) is 0. The van der Waals surface area contributed by atoms with Crippen LogP contribution in [0.4, 0.5) is 0 Å². The molecule has 0 spiro atoms. The fourth-order valence-electron chi connectivity index (χ4n) is 2.74. The Bertz CT molecular complexity index is 1110. The first-order valence-electron chi connectivity index (χ1n) is 7.07. The molecule has 0 aliphatic heterocycles. The highest BCUT2D eigenvalue weighted by atomic mass is 32.1. The van der Waals surface area contributed by atoms with Crippen LogP contribution in [-0.4, -0.2) is 11.3 Å². The first kappa shape index (κ1) is 13.6. The number of rotatable bonds is 2. The van der Waals surface area contributed by atoms with E-state index in [1.165, 1.54) is 0 Å². The highest BCUT2D eigenvalue weighted by Gasteiger charge is 2.11. The fourth-order valence-corrected chi connectivity index (χ4v) is 3.87. The van der Waals surface area contributed by atoms with Gasteiger partial charge in [0.1, 0.15) is 6.29 Å². The summed E-state index contributed by atoms with van der Waals surface area (Å²) in [6, 6.07) is 17.5. The molecule has 23 heavy (non-hydrogen) atoms. The van der Waals surface area contributed by atoms with E-state index in [0.717, 1.165) is 37.7 Å². The van der Waals surface area contributed by atoms with E-state index in [1.807, 2.05) is 42.5 Å². The molecule has 0 aliphatic carbocycles. The first-order chi connectivity index (χ1) is 11.3. The summed E-state index contributed by atoms with van der Waals surface area (Å²) in [6.45, 7) is 0. The smallest absolute Gasteiger partial charge is 0.150 e. The lowest BCUT2D eigenvalue weighted by Gasteiger charge is -2.04. The number of carbonyl (C=O) groups excluding carboxylic acids is 1. The third-order valence-corrected chi connectivity index (χ3v) is 4.98. The van der Waals surface area contributed by atoms with Gasteiger partial charge < -0.3 is 0 Å². The zero-order valence-electron chi connectivity index (χ0n) is 12.0. The van der Waals surface area contributed by atoms with E-state index in [-0.39, 0.29) is 0 Å². The normalized spacial score (nSPS) is 10.7. The Morgan fingerprint density at radius 1 is 1.09 bits per heavy atom. The minimum Gasteiger partial charge on any atom is -0.298 e. The van der Waals surface area contributed by atoms with E-state index >= 15 is 0 Å². The van der Waals surface area contributed by atoms with Crippen molar-refractivity contribution in [1.82, 2.24) is 4.98 Å². The van der Waals surface area contributed by atoms with Gasteiger partial charge in [-0.05, 0) is 42.5 Å². The predicted molar refractivity (Wildman–Crippen MR) is 92.7 cm³/mol. The molecule has 0 bridgehead atoms. The van der Waals surface area contributed by atoms with Crippen molar-refractivity contribution >= 4 is 38.6 Å². The van der Waals surface area contributed by atoms with Crippen molar-refractivity contribution in [2.24, 2.45) is 0 Å². The summed E-state index contributed by atoms with van der Waals surface area (Å²) in [6.07, 6.45) is 2.61. The molecule has 0 saturated carbocycles. The van der Waals surface area contributed by atoms with Gasteiger partial charge in [-0.15, -0.1) is 11.3 Å². The van der Waals surface area contributed by atoms with E-state index in [4.69, 9.17) is 0 Å². The number of aromatic nitrogens is 1. The number of fused-ring (bicyclic) bond motifs is 2. The summed E-state index contributed by atoms with van der Waals surface area (Å²) in [4.78, 5) is 16.5. The van der Waals surface area contributed by atoms with Crippen molar-refractivity contribution in [2.75, 3.05) is 0 Å². The van der Waals surface area contributed by atoms with E-state index in [2.05, 4.69) is 11.1 Å². The summed E-state index contributed by atoms with van der Waals surface area (Å²) in [7, 11) is 0. The van der Waals surface area contributed by atoms with Crippen molar-refractivity contribution in [3.63, 3.8) is 0 Å². The van der Waals surface area contributed by atoms with Crippen LogP contribution in [-0.2, 0) is 0 Å². The number of pyridine rings is 1. The lowest BCUT2D eigenvalue weighted by atomic mass is 10.0. The number of hydrogen-bond donors (Lipinski definition) is 0. The van der Waals surface area contributed by atoms with Gasteiger partial charge in [-0.2, -0.15) is 5.26 Å². The molecule has 2 aromatic carbocycles. The van der Waals surface area contributed by atoms with Gasteiger partial charge in [0, 0.05) is 37.7 Å². The molecule has 3 nitrogen and oxygen atoms in total. The Balaban J connectivity index is 2.02. The third-order valence-electron chi connectivity index (χ3n) is 3.85. The Morgan fingerprint density at radius 2 is 2.00 bits per heavy atom. The molecule has 0 fully saturated rings. The molecule has 0 N–H and O–H groups in total. The molecular formula is C19H10N2OS. The second-order valence-electron chi connectivity index (χ2n) is 5.19. The van der Waals surface area contributed by atoms with Crippen molar-refractivity contribution in [1.29, 1.82) is 5.26 Å². The van der Waals surface area contributed by atoms with Gasteiger partial charge in [0.2, 0.25) is 0 Å². The van der Waals surface area contributed by atoms with Crippen LogP contribution in [0, 0.1) is 11.3 Å². The first-order valence-corrected chi connectivity index (χ1v) is 7.89. The highest BCUT2D eigenvalue weighted by Crippen LogP contribution is 2.37. The van der Waals surface area contributed by atoms with Crippen LogP contribution in [0.1, 0.15) is 15.9 Å². The van der Waals surface area contributed by atoms with Gasteiger partial charge in [-0.25, -0.2) is 0 Å². The van der Waals surface area contributed by atoms with Gasteiger partial charge in [0.25, 0.3) is 0 Å². The Kier molecular flexibility index (Phi) is 3.14. The number of nitrogens with zero attached hydrogens (tertiary/aromatic N) is 2. The molecular weight excluding hydrogens is 304 g/mol. The molecule has 0 saturated heterocycles. The van der Waals surface area contributed by atoms with Gasteiger partial charge in [0.05, 0.1) is 17.1 Å². The maximum atomic E-state index is 11.1. The molecule has 0 aliphatic rings. The van der Waals surface area contributed by atoms with Crippen molar-refractivity contribution < 1.29 is 4.79 Å². The molecule has 4 rings (SSSR count). The lowest BCUT2D eigenvalue weighted by molar-refractivity contribution is 0.112. The van der Waals surface area contributed by atoms with Crippen LogP contribution in [0.5, 0.6) is 0 Å². The van der Waals surface area contributed by atoms with Crippen LogP contribution in [0.3, 0.4) is 0 Å². The van der Waals surface area contributed by atoms with Crippen molar-refractivity contribution in [3.8, 4) is 16.5 Å². The van der Waals surface area contributed by atoms with Crippen LogP contribution in [0.2, 0.25) is 0 Å². The maximum absolute atomic E-state index is 11.1. The van der Waals surface area contributed by atoms with Gasteiger partial charge >= 0.3 is 0 Å². The van der Waals surface area contributed by atoms with Crippen LogP contribution in [0.25, 0.3) is 31.4 Å². The minimum absolute atomic E-state index is 0.630. The van der Waals surface area contributed by atoms with Gasteiger partial charge in [0.15, 0.2) is 0 Å². The van der Waals surface area contributed by atoms with Gasteiger partial charge in [-0.3, -0.25) is 9.78 Å². The summed E-state index contributed by atoms with van der Waals surface area (Å²) in [5.41, 5.74) is 3.19. The van der Waals surface area contributed by atoms with Gasteiger partial charge in [-0.1, -0.05) is 6.07 Å². The number of benzene rings is 2. The minimum atomic E-state index is 0.630. The van der Waals surface area contributed by atoms with E-state index in [9.17, 15) is 10.1 Å². The van der Waals surface area contributed by atoms with E-state index in [1.54, 1.807) is 23.6 Å². The molecule has 0 radical (unpaired) electrons. The SMILES string of the molecule is N#Cc1cccc2sc(-c3ccnc4ccc(C=O)cc34)cc12. The quantitative estimate of drug-likeness (QED) is 0.499. The second kappa shape index (κ2) is 5.31. The standard InChI is InChI=1S/C19H10N2OS/c20-10-13-2-1-3-18-15(13)9-19(23-18)14-6-7-21-17-5-4-12(11-22)8-16(14)17/h1-9,11H. The lowest BCUT2D eigenvalue weighted by Crippen LogP contribution is -1.85.